The van der Waals surface area contributed by atoms with Crippen molar-refractivity contribution in [2.24, 2.45) is 11.8 Å². The monoisotopic (exact) mass is 330 g/mol. The number of nitrogens with one attached hydrogen (secondary N) is 1. The van der Waals surface area contributed by atoms with Crippen molar-refractivity contribution >= 4 is 11.6 Å². The molecule has 0 atom stereocenters. The second-order valence-corrected chi connectivity index (χ2v) is 6.57. The third kappa shape index (κ3) is 7.03. The molecule has 6 heteroatoms. The van der Waals surface area contributed by atoms with Gasteiger partial charge in [-0.25, -0.2) is 0 Å². The lowest BCUT2D eigenvalue weighted by Crippen LogP contribution is -2.38. The highest BCUT2D eigenvalue weighted by atomic mass is 19.4. The molecule has 1 N–H and O–H groups in total. The molecule has 0 heterocycles. The van der Waals surface area contributed by atoms with Crippen molar-refractivity contribution in [1.82, 2.24) is 4.90 Å². The maximum absolute atomic E-state index is 12.9. The van der Waals surface area contributed by atoms with E-state index in [4.69, 9.17) is 0 Å². The van der Waals surface area contributed by atoms with Crippen LogP contribution in [0.4, 0.5) is 18.9 Å². The molecule has 1 rings (SSSR count). The normalized spacial score (nSPS) is 12.3. The van der Waals surface area contributed by atoms with Crippen LogP contribution in [0.15, 0.2) is 24.3 Å². The first-order chi connectivity index (χ1) is 10.6. The van der Waals surface area contributed by atoms with Crippen molar-refractivity contribution in [1.29, 1.82) is 0 Å². The molecule has 1 aromatic rings. The molecular formula is C17H25F3N2O. The zero-order valence-corrected chi connectivity index (χ0v) is 14.1. The van der Waals surface area contributed by atoms with Gasteiger partial charge in [-0.1, -0.05) is 39.8 Å². The average molecular weight is 330 g/mol. The van der Waals surface area contributed by atoms with Crippen LogP contribution in [0.5, 0.6) is 0 Å². The molecule has 0 spiro atoms. The highest BCUT2D eigenvalue weighted by Gasteiger charge is 2.33. The van der Waals surface area contributed by atoms with Crippen molar-refractivity contribution in [2.45, 2.75) is 33.9 Å². The first-order valence-electron chi connectivity index (χ1n) is 7.78. The van der Waals surface area contributed by atoms with E-state index in [1.54, 1.807) is 0 Å². The minimum absolute atomic E-state index is 0.0859. The highest BCUT2D eigenvalue weighted by Crippen LogP contribution is 2.34. The summed E-state index contributed by atoms with van der Waals surface area (Å²) in [6.07, 6.45) is -4.49. The number of hydrogen-bond donors (Lipinski definition) is 1. The number of benzene rings is 1. The molecule has 0 saturated heterocycles. The van der Waals surface area contributed by atoms with E-state index < -0.39 is 17.6 Å². The number of halogens is 3. The topological polar surface area (TPSA) is 32.3 Å². The number of carbonyl (C=O) groups is 1. The number of rotatable bonds is 7. The summed E-state index contributed by atoms with van der Waals surface area (Å²) >= 11 is 0. The van der Waals surface area contributed by atoms with Crippen LogP contribution < -0.4 is 5.32 Å². The minimum Gasteiger partial charge on any atom is -0.324 e. The number of anilines is 1. The number of para-hydroxylation sites is 1. The summed E-state index contributed by atoms with van der Waals surface area (Å²) in [6, 6.07) is 5.03. The molecule has 0 unspecified atom stereocenters. The predicted octanol–water partition coefficient (Wildman–Crippen LogP) is 4.26. The van der Waals surface area contributed by atoms with Gasteiger partial charge < -0.3 is 5.32 Å². The van der Waals surface area contributed by atoms with Crippen molar-refractivity contribution in [3.63, 3.8) is 0 Å². The maximum Gasteiger partial charge on any atom is 0.418 e. The van der Waals surface area contributed by atoms with Gasteiger partial charge >= 0.3 is 6.18 Å². The molecule has 1 amide bonds. The Kier molecular flexibility index (Phi) is 7.06. The summed E-state index contributed by atoms with van der Waals surface area (Å²) < 4.78 is 38.8. The molecule has 23 heavy (non-hydrogen) atoms. The van der Waals surface area contributed by atoms with Gasteiger partial charge in [-0.15, -0.1) is 0 Å². The fraction of sp³-hybridized carbons (Fsp3) is 0.588. The third-order valence-corrected chi connectivity index (χ3v) is 3.12. The Balaban J connectivity index is 2.79. The minimum atomic E-state index is -4.49. The Morgan fingerprint density at radius 2 is 1.61 bits per heavy atom. The Labute approximate surface area is 135 Å². The molecule has 0 aliphatic carbocycles. The average Bonchev–Trinajstić information content (AvgIpc) is 2.35. The van der Waals surface area contributed by atoms with Crippen LogP contribution in [0.1, 0.15) is 33.3 Å². The summed E-state index contributed by atoms with van der Waals surface area (Å²) in [5.41, 5.74) is -1.02. The van der Waals surface area contributed by atoms with Gasteiger partial charge in [0.15, 0.2) is 0 Å². The predicted molar refractivity (Wildman–Crippen MR) is 86.2 cm³/mol. The van der Waals surface area contributed by atoms with Gasteiger partial charge in [0.05, 0.1) is 17.8 Å². The second-order valence-electron chi connectivity index (χ2n) is 6.57. The number of amides is 1. The van der Waals surface area contributed by atoms with Crippen LogP contribution in [0.2, 0.25) is 0 Å². The number of nitrogens with zero attached hydrogens (tertiary/aromatic N) is 1. The molecule has 0 aliphatic heterocycles. The van der Waals surface area contributed by atoms with Crippen LogP contribution in [0, 0.1) is 11.8 Å². The molecule has 0 aliphatic rings. The number of carbonyl (C=O) groups excluding carboxylic acids is 1. The Hall–Kier alpha value is -1.56. The van der Waals surface area contributed by atoms with Crippen LogP contribution in [0.25, 0.3) is 0 Å². The fourth-order valence-electron chi connectivity index (χ4n) is 2.47. The lowest BCUT2D eigenvalue weighted by atomic mass is 10.1. The third-order valence-electron chi connectivity index (χ3n) is 3.12. The summed E-state index contributed by atoms with van der Waals surface area (Å²) in [6.45, 7) is 9.73. The lowest BCUT2D eigenvalue weighted by Gasteiger charge is -2.25. The molecule has 3 nitrogen and oxygen atoms in total. The molecule has 0 radical (unpaired) electrons. The summed E-state index contributed by atoms with van der Waals surface area (Å²) in [5, 5.41) is 2.39. The van der Waals surface area contributed by atoms with E-state index in [1.807, 2.05) is 32.6 Å². The molecule has 130 valence electrons. The highest BCUT2D eigenvalue weighted by molar-refractivity contribution is 5.93. The van der Waals surface area contributed by atoms with Gasteiger partial charge in [0.2, 0.25) is 5.91 Å². The fourth-order valence-corrected chi connectivity index (χ4v) is 2.47. The van der Waals surface area contributed by atoms with Crippen molar-refractivity contribution in [3.8, 4) is 0 Å². The molecule has 0 saturated carbocycles. The Morgan fingerprint density at radius 3 is 2.09 bits per heavy atom. The Morgan fingerprint density at radius 1 is 1.09 bits per heavy atom. The zero-order valence-electron chi connectivity index (χ0n) is 14.1. The SMILES string of the molecule is CC(C)CN(CC(=O)Nc1ccccc1C(F)(F)F)CC(C)C. The number of alkyl halides is 3. The largest absolute Gasteiger partial charge is 0.418 e. The summed E-state index contributed by atoms with van der Waals surface area (Å²) in [7, 11) is 0. The van der Waals surface area contributed by atoms with Gasteiger partial charge in [-0.2, -0.15) is 13.2 Å². The van der Waals surface area contributed by atoms with Gasteiger partial charge in [0.25, 0.3) is 0 Å². The molecule has 1 aromatic carbocycles. The second kappa shape index (κ2) is 8.34. The summed E-state index contributed by atoms with van der Waals surface area (Å²) in [5.74, 6) is 0.330. The lowest BCUT2D eigenvalue weighted by molar-refractivity contribution is -0.137. The van der Waals surface area contributed by atoms with Gasteiger partial charge in [-0.05, 0) is 24.0 Å². The van der Waals surface area contributed by atoms with Crippen LogP contribution in [-0.2, 0) is 11.0 Å². The van der Waals surface area contributed by atoms with Crippen LogP contribution in [-0.4, -0.2) is 30.4 Å². The van der Waals surface area contributed by atoms with E-state index in [0.717, 1.165) is 19.2 Å². The van der Waals surface area contributed by atoms with Crippen LogP contribution >= 0.6 is 0 Å². The number of hydrogen-bond acceptors (Lipinski definition) is 2. The maximum atomic E-state index is 12.9. The van der Waals surface area contributed by atoms with Crippen molar-refractivity contribution in [2.75, 3.05) is 25.0 Å². The van der Waals surface area contributed by atoms with E-state index in [0.29, 0.717) is 11.8 Å². The molecular weight excluding hydrogens is 305 g/mol. The van der Waals surface area contributed by atoms with E-state index in [9.17, 15) is 18.0 Å². The standard InChI is InChI=1S/C17H25F3N2O/c1-12(2)9-22(10-13(3)4)11-16(23)21-15-8-6-5-7-14(15)17(18,19)20/h5-8,12-13H,9-11H2,1-4H3,(H,21,23). The zero-order chi connectivity index (χ0) is 17.6. The first-order valence-corrected chi connectivity index (χ1v) is 7.78. The first kappa shape index (κ1) is 19.5. The van der Waals surface area contributed by atoms with E-state index in [2.05, 4.69) is 5.32 Å². The van der Waals surface area contributed by atoms with E-state index in [1.165, 1.54) is 18.2 Å². The van der Waals surface area contributed by atoms with Crippen LogP contribution in [0.3, 0.4) is 0 Å². The molecule has 0 fully saturated rings. The van der Waals surface area contributed by atoms with E-state index >= 15 is 0 Å². The van der Waals surface area contributed by atoms with Gasteiger partial charge in [0, 0.05) is 13.1 Å². The summed E-state index contributed by atoms with van der Waals surface area (Å²) in [4.78, 5) is 14.1. The Bertz CT molecular complexity index is 503. The molecule has 0 aromatic heterocycles. The van der Waals surface area contributed by atoms with E-state index in [-0.39, 0.29) is 12.2 Å². The smallest absolute Gasteiger partial charge is 0.324 e. The van der Waals surface area contributed by atoms with Gasteiger partial charge in [-0.3, -0.25) is 9.69 Å². The molecule has 0 bridgehead atoms. The van der Waals surface area contributed by atoms with Crippen molar-refractivity contribution < 1.29 is 18.0 Å². The quantitative estimate of drug-likeness (QED) is 0.810. The van der Waals surface area contributed by atoms with Gasteiger partial charge in [0.1, 0.15) is 0 Å². The van der Waals surface area contributed by atoms with Crippen molar-refractivity contribution in [3.05, 3.63) is 29.8 Å².